The third-order valence-corrected chi connectivity index (χ3v) is 4.98. The van der Waals surface area contributed by atoms with Crippen LogP contribution in [-0.4, -0.2) is 18.5 Å². The van der Waals surface area contributed by atoms with E-state index in [0.717, 1.165) is 32.1 Å². The molecule has 0 radical (unpaired) electrons. The van der Waals surface area contributed by atoms with Gasteiger partial charge in [-0.05, 0) is 56.4 Å². The average molecular weight is 252 g/mol. The highest BCUT2D eigenvalue weighted by Crippen LogP contribution is 2.36. The van der Waals surface area contributed by atoms with Gasteiger partial charge >= 0.3 is 0 Å². The minimum Gasteiger partial charge on any atom is -0.353 e. The zero-order valence-electron chi connectivity index (χ0n) is 11.9. The molecule has 0 aromatic heterocycles. The number of rotatable bonds is 3. The Morgan fingerprint density at radius 1 is 1.22 bits per heavy atom. The Morgan fingerprint density at radius 3 is 2.50 bits per heavy atom. The zero-order valence-corrected chi connectivity index (χ0v) is 11.9. The molecule has 2 rings (SSSR count). The maximum Gasteiger partial charge on any atom is 0.223 e. The fraction of sp³-hybridized carbons (Fsp3) is 0.933. The molecule has 0 aliphatic heterocycles. The Hall–Kier alpha value is -0.570. The third kappa shape index (κ3) is 3.25. The molecule has 18 heavy (non-hydrogen) atoms. The standard InChI is InChI=1S/C15H28N2O/c1-15(2)8-6-12(7-9-15)17-14(18)13-5-3-4-11(13)10-16/h11-13H,3-10,16H2,1-2H3,(H,17,18). The summed E-state index contributed by atoms with van der Waals surface area (Å²) in [5.74, 6) is 0.877. The summed E-state index contributed by atoms with van der Waals surface area (Å²) >= 11 is 0. The molecule has 2 aliphatic rings. The van der Waals surface area contributed by atoms with Crippen molar-refractivity contribution in [1.29, 1.82) is 0 Å². The third-order valence-electron chi connectivity index (χ3n) is 4.98. The van der Waals surface area contributed by atoms with Crippen LogP contribution >= 0.6 is 0 Å². The maximum absolute atomic E-state index is 12.3. The smallest absolute Gasteiger partial charge is 0.223 e. The van der Waals surface area contributed by atoms with Gasteiger partial charge in [-0.1, -0.05) is 20.3 Å². The van der Waals surface area contributed by atoms with E-state index in [2.05, 4.69) is 19.2 Å². The van der Waals surface area contributed by atoms with Crippen LogP contribution in [0, 0.1) is 17.3 Å². The van der Waals surface area contributed by atoms with Crippen molar-refractivity contribution in [3.63, 3.8) is 0 Å². The molecule has 0 heterocycles. The van der Waals surface area contributed by atoms with Crippen molar-refractivity contribution in [2.45, 2.75) is 64.8 Å². The van der Waals surface area contributed by atoms with Crippen LogP contribution in [0.1, 0.15) is 58.8 Å². The topological polar surface area (TPSA) is 55.1 Å². The summed E-state index contributed by atoms with van der Waals surface area (Å²) in [7, 11) is 0. The highest BCUT2D eigenvalue weighted by atomic mass is 16.2. The molecule has 0 aromatic carbocycles. The molecule has 2 fully saturated rings. The minimum absolute atomic E-state index is 0.185. The van der Waals surface area contributed by atoms with Crippen LogP contribution in [0.15, 0.2) is 0 Å². The number of carbonyl (C=O) groups excluding carboxylic acids is 1. The van der Waals surface area contributed by atoms with Gasteiger partial charge in [-0.25, -0.2) is 0 Å². The molecule has 2 unspecified atom stereocenters. The second kappa shape index (κ2) is 5.60. The van der Waals surface area contributed by atoms with Gasteiger partial charge in [0.15, 0.2) is 0 Å². The van der Waals surface area contributed by atoms with Crippen LogP contribution < -0.4 is 11.1 Å². The molecular formula is C15H28N2O. The lowest BCUT2D eigenvalue weighted by molar-refractivity contribution is -0.127. The molecule has 3 N–H and O–H groups in total. The van der Waals surface area contributed by atoms with Crippen molar-refractivity contribution in [3.05, 3.63) is 0 Å². The number of nitrogens with two attached hydrogens (primary N) is 1. The van der Waals surface area contributed by atoms with Crippen LogP contribution in [0.5, 0.6) is 0 Å². The quantitative estimate of drug-likeness (QED) is 0.810. The molecule has 2 atom stereocenters. The van der Waals surface area contributed by atoms with E-state index in [1.165, 1.54) is 12.8 Å². The Balaban J connectivity index is 1.81. The van der Waals surface area contributed by atoms with Gasteiger partial charge in [-0.15, -0.1) is 0 Å². The summed E-state index contributed by atoms with van der Waals surface area (Å²) in [4.78, 5) is 12.3. The van der Waals surface area contributed by atoms with Gasteiger partial charge in [0.25, 0.3) is 0 Å². The Morgan fingerprint density at radius 2 is 1.89 bits per heavy atom. The van der Waals surface area contributed by atoms with E-state index in [1.54, 1.807) is 0 Å². The predicted molar refractivity (Wildman–Crippen MR) is 74.1 cm³/mol. The summed E-state index contributed by atoms with van der Waals surface area (Å²) in [6.45, 7) is 5.31. The molecule has 1 amide bonds. The molecule has 0 bridgehead atoms. The molecule has 104 valence electrons. The van der Waals surface area contributed by atoms with Crippen molar-refractivity contribution in [2.24, 2.45) is 23.0 Å². The molecular weight excluding hydrogens is 224 g/mol. The van der Waals surface area contributed by atoms with Gasteiger partial charge < -0.3 is 11.1 Å². The number of hydrogen-bond acceptors (Lipinski definition) is 2. The number of hydrogen-bond donors (Lipinski definition) is 2. The molecule has 3 nitrogen and oxygen atoms in total. The first-order chi connectivity index (χ1) is 8.52. The first-order valence-corrected chi connectivity index (χ1v) is 7.52. The normalized spacial score (nSPS) is 32.4. The minimum atomic E-state index is 0.185. The van der Waals surface area contributed by atoms with Crippen LogP contribution in [0.2, 0.25) is 0 Å². The second-order valence-electron chi connectivity index (χ2n) is 6.98. The fourth-order valence-corrected chi connectivity index (χ4v) is 3.52. The van der Waals surface area contributed by atoms with Gasteiger partial charge in [0, 0.05) is 12.0 Å². The molecule has 0 saturated heterocycles. The Kier molecular flexibility index (Phi) is 4.31. The lowest BCUT2D eigenvalue weighted by atomic mass is 9.75. The molecule has 2 saturated carbocycles. The maximum atomic E-state index is 12.3. The van der Waals surface area contributed by atoms with Gasteiger partial charge in [0.2, 0.25) is 5.91 Å². The summed E-state index contributed by atoms with van der Waals surface area (Å²) in [5, 5.41) is 3.27. The van der Waals surface area contributed by atoms with E-state index < -0.39 is 0 Å². The van der Waals surface area contributed by atoms with Gasteiger partial charge in [-0.2, -0.15) is 0 Å². The van der Waals surface area contributed by atoms with Crippen LogP contribution in [0.4, 0.5) is 0 Å². The lowest BCUT2D eigenvalue weighted by Crippen LogP contribution is -2.43. The first-order valence-electron chi connectivity index (χ1n) is 7.52. The van der Waals surface area contributed by atoms with Crippen LogP contribution in [-0.2, 0) is 4.79 Å². The Labute approximate surface area is 111 Å². The van der Waals surface area contributed by atoms with Crippen molar-refractivity contribution in [3.8, 4) is 0 Å². The predicted octanol–water partition coefficient (Wildman–Crippen LogP) is 2.45. The summed E-state index contributed by atoms with van der Waals surface area (Å²) in [6, 6.07) is 0.407. The highest BCUT2D eigenvalue weighted by molar-refractivity contribution is 5.79. The SMILES string of the molecule is CC1(C)CCC(NC(=O)C2CCCC2CN)CC1. The summed E-state index contributed by atoms with van der Waals surface area (Å²) in [6.07, 6.45) is 8.05. The van der Waals surface area contributed by atoms with Crippen molar-refractivity contribution in [1.82, 2.24) is 5.32 Å². The Bertz CT molecular complexity index is 291. The number of amides is 1. The monoisotopic (exact) mass is 252 g/mol. The molecule has 0 aromatic rings. The van der Waals surface area contributed by atoms with E-state index in [1.807, 2.05) is 0 Å². The first kappa shape index (κ1) is 13.9. The zero-order chi connectivity index (χ0) is 13.2. The van der Waals surface area contributed by atoms with Crippen LogP contribution in [0.3, 0.4) is 0 Å². The summed E-state index contributed by atoms with van der Waals surface area (Å²) in [5.41, 5.74) is 6.22. The fourth-order valence-electron chi connectivity index (χ4n) is 3.52. The van der Waals surface area contributed by atoms with Gasteiger partial charge in [0.1, 0.15) is 0 Å². The van der Waals surface area contributed by atoms with E-state index in [9.17, 15) is 4.79 Å². The van der Waals surface area contributed by atoms with Crippen molar-refractivity contribution >= 4 is 5.91 Å². The van der Waals surface area contributed by atoms with E-state index >= 15 is 0 Å². The van der Waals surface area contributed by atoms with Crippen LogP contribution in [0.25, 0.3) is 0 Å². The highest BCUT2D eigenvalue weighted by Gasteiger charge is 2.34. The second-order valence-corrected chi connectivity index (χ2v) is 6.98. The van der Waals surface area contributed by atoms with Gasteiger partial charge in [0.05, 0.1) is 0 Å². The van der Waals surface area contributed by atoms with E-state index in [4.69, 9.17) is 5.73 Å². The molecule has 2 aliphatic carbocycles. The van der Waals surface area contributed by atoms with E-state index in [0.29, 0.717) is 23.9 Å². The number of nitrogens with one attached hydrogen (secondary N) is 1. The van der Waals surface area contributed by atoms with Crippen molar-refractivity contribution < 1.29 is 4.79 Å². The molecule has 0 spiro atoms. The number of carbonyl (C=O) groups is 1. The summed E-state index contributed by atoms with van der Waals surface area (Å²) < 4.78 is 0. The van der Waals surface area contributed by atoms with Crippen molar-refractivity contribution in [2.75, 3.05) is 6.54 Å². The average Bonchev–Trinajstić information content (AvgIpc) is 2.80. The largest absolute Gasteiger partial charge is 0.353 e. The molecule has 3 heteroatoms. The van der Waals surface area contributed by atoms with E-state index in [-0.39, 0.29) is 11.8 Å². The lowest BCUT2D eigenvalue weighted by Gasteiger charge is -2.35. The van der Waals surface area contributed by atoms with Gasteiger partial charge in [-0.3, -0.25) is 4.79 Å².